The number of aryl methyl sites for hydroxylation is 1. The molecule has 2 aromatic heterocycles. The van der Waals surface area contributed by atoms with E-state index in [1.165, 1.54) is 16.9 Å². The summed E-state index contributed by atoms with van der Waals surface area (Å²) < 4.78 is 5.39. The molecule has 0 bridgehead atoms. The highest BCUT2D eigenvalue weighted by molar-refractivity contribution is 7.15. The van der Waals surface area contributed by atoms with Crippen LogP contribution in [0.5, 0.6) is 0 Å². The minimum Gasteiger partial charge on any atom is -0.462 e. The molecule has 3 aromatic rings. The second-order valence-corrected chi connectivity index (χ2v) is 7.50. The Hall–Kier alpha value is -2.44. The Bertz CT molecular complexity index is 873. The van der Waals surface area contributed by atoms with Gasteiger partial charge in [-0.2, -0.15) is 0 Å². The third-order valence-electron chi connectivity index (χ3n) is 4.61. The SMILES string of the molecule is Cc1sc(-c2ccco2)nc1C(=O)N1C[C@@H](N)[C@H](c2ccccc2)C1. The van der Waals surface area contributed by atoms with Crippen molar-refractivity contribution in [3.05, 3.63) is 64.9 Å². The fourth-order valence-corrected chi connectivity index (χ4v) is 4.17. The first-order valence-electron chi connectivity index (χ1n) is 8.24. The normalized spacial score (nSPS) is 20.2. The first-order chi connectivity index (χ1) is 12.1. The molecular formula is C19H19N3O2S. The van der Waals surface area contributed by atoms with Crippen LogP contribution < -0.4 is 5.73 Å². The highest BCUT2D eigenvalue weighted by atomic mass is 32.1. The summed E-state index contributed by atoms with van der Waals surface area (Å²) in [6.07, 6.45) is 1.61. The largest absolute Gasteiger partial charge is 0.462 e. The molecule has 1 aliphatic rings. The molecule has 128 valence electrons. The average Bonchev–Trinajstić information content (AvgIpc) is 3.34. The van der Waals surface area contributed by atoms with Gasteiger partial charge in [0.05, 0.1) is 6.26 Å². The van der Waals surface area contributed by atoms with Crippen LogP contribution in [-0.4, -0.2) is 34.9 Å². The predicted molar refractivity (Wildman–Crippen MR) is 97.6 cm³/mol. The summed E-state index contributed by atoms with van der Waals surface area (Å²) >= 11 is 1.47. The van der Waals surface area contributed by atoms with E-state index < -0.39 is 0 Å². The molecule has 2 N–H and O–H groups in total. The monoisotopic (exact) mass is 353 g/mol. The Balaban J connectivity index is 1.56. The van der Waals surface area contributed by atoms with Crippen molar-refractivity contribution in [2.24, 2.45) is 5.73 Å². The van der Waals surface area contributed by atoms with Gasteiger partial charge in [-0.15, -0.1) is 11.3 Å². The summed E-state index contributed by atoms with van der Waals surface area (Å²) in [6, 6.07) is 13.8. The van der Waals surface area contributed by atoms with Crippen molar-refractivity contribution in [1.29, 1.82) is 0 Å². The number of thiazole rings is 1. The Morgan fingerprint density at radius 3 is 2.76 bits per heavy atom. The van der Waals surface area contributed by atoms with Gasteiger partial charge in [0.2, 0.25) is 0 Å². The Kier molecular flexibility index (Phi) is 4.15. The van der Waals surface area contributed by atoms with E-state index in [9.17, 15) is 4.79 Å². The summed E-state index contributed by atoms with van der Waals surface area (Å²) in [5.41, 5.74) is 7.99. The number of likely N-dealkylation sites (tertiary alicyclic amines) is 1. The smallest absolute Gasteiger partial charge is 0.273 e. The van der Waals surface area contributed by atoms with E-state index in [4.69, 9.17) is 10.2 Å². The quantitative estimate of drug-likeness (QED) is 0.784. The molecule has 0 unspecified atom stereocenters. The van der Waals surface area contributed by atoms with E-state index >= 15 is 0 Å². The fourth-order valence-electron chi connectivity index (χ4n) is 3.30. The number of nitrogens with two attached hydrogens (primary N) is 1. The molecule has 1 fully saturated rings. The molecule has 25 heavy (non-hydrogen) atoms. The molecule has 0 saturated carbocycles. The molecule has 3 heterocycles. The van der Waals surface area contributed by atoms with Gasteiger partial charge in [0.15, 0.2) is 10.8 Å². The van der Waals surface area contributed by atoms with E-state index in [1.807, 2.05) is 42.2 Å². The molecule has 6 heteroatoms. The van der Waals surface area contributed by atoms with Crippen LogP contribution in [0.4, 0.5) is 0 Å². The summed E-state index contributed by atoms with van der Waals surface area (Å²) in [4.78, 5) is 20.2. The number of hydrogen-bond donors (Lipinski definition) is 1. The molecule has 0 spiro atoms. The lowest BCUT2D eigenvalue weighted by molar-refractivity contribution is 0.0783. The summed E-state index contributed by atoms with van der Waals surface area (Å²) in [5, 5.41) is 0.731. The van der Waals surface area contributed by atoms with Crippen LogP contribution >= 0.6 is 11.3 Å². The molecule has 0 aliphatic carbocycles. The highest BCUT2D eigenvalue weighted by Crippen LogP contribution is 2.31. The van der Waals surface area contributed by atoms with Crippen molar-refractivity contribution in [2.45, 2.75) is 18.9 Å². The van der Waals surface area contributed by atoms with E-state index in [1.54, 1.807) is 6.26 Å². The average molecular weight is 353 g/mol. The molecule has 1 amide bonds. The molecule has 1 aromatic carbocycles. The summed E-state index contributed by atoms with van der Waals surface area (Å²) in [6.45, 7) is 3.09. The maximum atomic E-state index is 13.0. The second kappa shape index (κ2) is 6.46. The van der Waals surface area contributed by atoms with Crippen molar-refractivity contribution in [3.8, 4) is 10.8 Å². The Morgan fingerprint density at radius 1 is 1.24 bits per heavy atom. The number of aromatic nitrogens is 1. The zero-order valence-corrected chi connectivity index (χ0v) is 14.7. The van der Waals surface area contributed by atoms with Gasteiger partial charge < -0.3 is 15.1 Å². The third-order valence-corrected chi connectivity index (χ3v) is 5.60. The van der Waals surface area contributed by atoms with E-state index in [2.05, 4.69) is 17.1 Å². The lowest BCUT2D eigenvalue weighted by Crippen LogP contribution is -2.32. The number of furan rings is 1. The first kappa shape index (κ1) is 16.1. The molecule has 2 atom stereocenters. The number of rotatable bonds is 3. The van der Waals surface area contributed by atoms with Crippen LogP contribution in [0, 0.1) is 6.92 Å². The number of nitrogens with zero attached hydrogens (tertiary/aromatic N) is 2. The predicted octanol–water partition coefficient (Wildman–Crippen LogP) is 3.28. The zero-order chi connectivity index (χ0) is 17.4. The number of hydrogen-bond acceptors (Lipinski definition) is 5. The van der Waals surface area contributed by atoms with Gasteiger partial charge in [-0.05, 0) is 24.6 Å². The van der Waals surface area contributed by atoms with E-state index in [0.29, 0.717) is 24.5 Å². The first-order valence-corrected chi connectivity index (χ1v) is 9.06. The van der Waals surface area contributed by atoms with Crippen molar-refractivity contribution in [1.82, 2.24) is 9.88 Å². The van der Waals surface area contributed by atoms with Crippen LogP contribution in [0.2, 0.25) is 0 Å². The molecule has 4 rings (SSSR count). The van der Waals surface area contributed by atoms with Gasteiger partial charge in [-0.1, -0.05) is 30.3 Å². The van der Waals surface area contributed by atoms with Crippen molar-refractivity contribution in [2.75, 3.05) is 13.1 Å². The summed E-state index contributed by atoms with van der Waals surface area (Å²) in [5.74, 6) is 0.793. The Labute approximate surface area is 150 Å². The topological polar surface area (TPSA) is 72.4 Å². The number of carbonyl (C=O) groups excluding carboxylic acids is 1. The van der Waals surface area contributed by atoms with Gasteiger partial charge in [0.25, 0.3) is 5.91 Å². The van der Waals surface area contributed by atoms with Crippen LogP contribution in [-0.2, 0) is 0 Å². The maximum Gasteiger partial charge on any atom is 0.273 e. The van der Waals surface area contributed by atoms with E-state index in [0.717, 1.165) is 9.88 Å². The summed E-state index contributed by atoms with van der Waals surface area (Å²) in [7, 11) is 0. The van der Waals surface area contributed by atoms with Crippen LogP contribution in [0.3, 0.4) is 0 Å². The Morgan fingerprint density at radius 2 is 2.04 bits per heavy atom. The van der Waals surface area contributed by atoms with Gasteiger partial charge in [0.1, 0.15) is 5.69 Å². The lowest BCUT2D eigenvalue weighted by atomic mass is 9.95. The lowest BCUT2D eigenvalue weighted by Gasteiger charge is -2.15. The zero-order valence-electron chi connectivity index (χ0n) is 13.9. The molecule has 0 radical (unpaired) electrons. The van der Waals surface area contributed by atoms with Gasteiger partial charge in [0, 0.05) is 29.9 Å². The highest BCUT2D eigenvalue weighted by Gasteiger charge is 2.35. The van der Waals surface area contributed by atoms with Crippen molar-refractivity contribution in [3.63, 3.8) is 0 Å². The molecule has 1 aliphatic heterocycles. The van der Waals surface area contributed by atoms with Gasteiger partial charge in [-0.3, -0.25) is 4.79 Å². The molecule has 1 saturated heterocycles. The van der Waals surface area contributed by atoms with Gasteiger partial charge >= 0.3 is 0 Å². The fraction of sp³-hybridized carbons (Fsp3) is 0.263. The number of benzene rings is 1. The number of carbonyl (C=O) groups is 1. The van der Waals surface area contributed by atoms with Crippen LogP contribution in [0.1, 0.15) is 26.8 Å². The van der Waals surface area contributed by atoms with Crippen molar-refractivity contribution >= 4 is 17.2 Å². The van der Waals surface area contributed by atoms with Crippen LogP contribution in [0.25, 0.3) is 10.8 Å². The second-order valence-electron chi connectivity index (χ2n) is 6.29. The van der Waals surface area contributed by atoms with Crippen LogP contribution in [0.15, 0.2) is 53.1 Å². The minimum atomic E-state index is -0.0603. The van der Waals surface area contributed by atoms with Gasteiger partial charge in [-0.25, -0.2) is 4.98 Å². The molecular weight excluding hydrogens is 334 g/mol. The van der Waals surface area contributed by atoms with Crippen molar-refractivity contribution < 1.29 is 9.21 Å². The molecule has 5 nitrogen and oxygen atoms in total. The van der Waals surface area contributed by atoms with E-state index in [-0.39, 0.29) is 17.9 Å². The maximum absolute atomic E-state index is 13.0. The minimum absolute atomic E-state index is 0.0552. The standard InChI is InChI=1S/C19H19N3O2S/c1-12-17(21-18(25-12)16-8-5-9-24-16)19(23)22-10-14(15(20)11-22)13-6-3-2-4-7-13/h2-9,14-15H,10-11,20H2,1H3/t14-,15+/m0/s1. The third kappa shape index (κ3) is 2.99. The number of amides is 1.